The molecule has 0 radical (unpaired) electrons. The van der Waals surface area contributed by atoms with E-state index in [0.29, 0.717) is 5.02 Å². The van der Waals surface area contributed by atoms with Gasteiger partial charge in [0.15, 0.2) is 5.78 Å². The van der Waals surface area contributed by atoms with Gasteiger partial charge in [-0.1, -0.05) is 24.4 Å². The van der Waals surface area contributed by atoms with Crippen molar-refractivity contribution in [1.82, 2.24) is 0 Å². The molecule has 0 aliphatic heterocycles. The predicted molar refractivity (Wildman–Crippen MR) is 57.7 cm³/mol. The molecule has 0 bridgehead atoms. The number of hydrogen-bond donors (Lipinski definition) is 0. The average Bonchev–Trinajstić information content (AvgIpc) is 2.74. The monoisotopic (exact) mass is 226 g/mol. The highest BCUT2D eigenvalue weighted by Gasteiger charge is 2.25. The second-order valence-corrected chi connectivity index (χ2v) is 4.41. The zero-order chi connectivity index (χ0) is 10.8. The number of halogens is 2. The summed E-state index contributed by atoms with van der Waals surface area (Å²) >= 11 is 5.75. The van der Waals surface area contributed by atoms with Crippen molar-refractivity contribution < 1.29 is 9.18 Å². The van der Waals surface area contributed by atoms with Gasteiger partial charge in [-0.15, -0.1) is 0 Å². The van der Waals surface area contributed by atoms with E-state index >= 15 is 0 Å². The maximum Gasteiger partial charge on any atom is 0.168 e. The van der Waals surface area contributed by atoms with Crippen molar-refractivity contribution in [2.24, 2.45) is 5.92 Å². The molecule has 1 aliphatic carbocycles. The van der Waals surface area contributed by atoms with Crippen LogP contribution in [0.1, 0.15) is 36.0 Å². The van der Waals surface area contributed by atoms with Gasteiger partial charge < -0.3 is 0 Å². The Bertz CT molecular complexity index is 383. The van der Waals surface area contributed by atoms with Gasteiger partial charge in [0, 0.05) is 10.9 Å². The number of rotatable bonds is 2. The number of benzene rings is 1. The summed E-state index contributed by atoms with van der Waals surface area (Å²) in [6, 6.07) is 4.14. The summed E-state index contributed by atoms with van der Waals surface area (Å²) in [4.78, 5) is 11.9. The molecule has 0 N–H and O–H groups in total. The van der Waals surface area contributed by atoms with Crippen LogP contribution >= 0.6 is 11.6 Å². The highest BCUT2D eigenvalue weighted by atomic mass is 35.5. The molecule has 0 spiro atoms. The summed E-state index contributed by atoms with van der Waals surface area (Å²) in [6.07, 6.45) is 3.90. The highest BCUT2D eigenvalue weighted by Crippen LogP contribution is 2.29. The van der Waals surface area contributed by atoms with Crippen molar-refractivity contribution >= 4 is 17.4 Å². The van der Waals surface area contributed by atoms with Gasteiger partial charge in [-0.2, -0.15) is 0 Å². The standard InChI is InChI=1S/C12H12ClFO/c13-9-5-6-11(14)10(7-9)12(15)8-3-1-2-4-8/h5-8H,1-4H2. The van der Waals surface area contributed by atoms with Crippen LogP contribution in [0.15, 0.2) is 18.2 Å². The van der Waals surface area contributed by atoms with Crippen LogP contribution in [-0.2, 0) is 0 Å². The molecule has 0 aromatic heterocycles. The molecule has 1 aromatic rings. The first kappa shape index (κ1) is 10.6. The van der Waals surface area contributed by atoms with Crippen LogP contribution in [-0.4, -0.2) is 5.78 Å². The van der Waals surface area contributed by atoms with Crippen LogP contribution in [0.25, 0.3) is 0 Å². The Morgan fingerprint density at radius 3 is 2.67 bits per heavy atom. The Labute approximate surface area is 93.2 Å². The molecule has 1 aromatic carbocycles. The second-order valence-electron chi connectivity index (χ2n) is 3.97. The van der Waals surface area contributed by atoms with Gasteiger partial charge in [-0.25, -0.2) is 4.39 Å². The lowest BCUT2D eigenvalue weighted by Gasteiger charge is -2.08. The minimum absolute atomic E-state index is 0.00188. The van der Waals surface area contributed by atoms with E-state index in [4.69, 9.17) is 11.6 Å². The first-order valence-electron chi connectivity index (χ1n) is 5.18. The highest BCUT2D eigenvalue weighted by molar-refractivity contribution is 6.31. The Morgan fingerprint density at radius 1 is 1.33 bits per heavy atom. The van der Waals surface area contributed by atoms with Crippen LogP contribution in [0.5, 0.6) is 0 Å². The molecule has 2 rings (SSSR count). The fourth-order valence-electron chi connectivity index (χ4n) is 2.09. The summed E-state index contributed by atoms with van der Waals surface area (Å²) in [7, 11) is 0. The number of Topliss-reactive ketones (excluding diaryl/α,β-unsaturated/α-hetero) is 1. The fourth-order valence-corrected chi connectivity index (χ4v) is 2.27. The first-order chi connectivity index (χ1) is 7.18. The molecular weight excluding hydrogens is 215 g/mol. The molecule has 15 heavy (non-hydrogen) atoms. The molecule has 0 heterocycles. The predicted octanol–water partition coefficient (Wildman–Crippen LogP) is 3.85. The number of ketones is 1. The fraction of sp³-hybridized carbons (Fsp3) is 0.417. The van der Waals surface area contributed by atoms with Gasteiger partial charge >= 0.3 is 0 Å². The number of carbonyl (C=O) groups is 1. The van der Waals surface area contributed by atoms with Crippen molar-refractivity contribution in [2.75, 3.05) is 0 Å². The van der Waals surface area contributed by atoms with Crippen molar-refractivity contribution in [2.45, 2.75) is 25.7 Å². The zero-order valence-electron chi connectivity index (χ0n) is 8.30. The van der Waals surface area contributed by atoms with Crippen LogP contribution in [0.3, 0.4) is 0 Å². The lowest BCUT2D eigenvalue weighted by molar-refractivity contribution is 0.0918. The summed E-state index contributed by atoms with van der Waals surface area (Å²) in [5, 5.41) is 0.415. The van der Waals surface area contributed by atoms with Gasteiger partial charge in [-0.05, 0) is 31.0 Å². The molecule has 80 valence electrons. The van der Waals surface area contributed by atoms with Crippen molar-refractivity contribution in [1.29, 1.82) is 0 Å². The molecule has 0 unspecified atom stereocenters. The average molecular weight is 227 g/mol. The Balaban J connectivity index is 2.27. The maximum atomic E-state index is 13.4. The summed E-state index contributed by atoms with van der Waals surface area (Å²) in [5.41, 5.74) is 0.148. The Morgan fingerprint density at radius 2 is 2.00 bits per heavy atom. The summed E-state index contributed by atoms with van der Waals surface area (Å²) < 4.78 is 13.4. The number of carbonyl (C=O) groups excluding carboxylic acids is 1. The van der Waals surface area contributed by atoms with Crippen LogP contribution in [0.2, 0.25) is 5.02 Å². The van der Waals surface area contributed by atoms with E-state index in [1.54, 1.807) is 0 Å². The topological polar surface area (TPSA) is 17.1 Å². The van der Waals surface area contributed by atoms with Crippen molar-refractivity contribution in [3.63, 3.8) is 0 Å². The third-order valence-corrected chi connectivity index (χ3v) is 3.15. The molecule has 1 nitrogen and oxygen atoms in total. The number of hydrogen-bond acceptors (Lipinski definition) is 1. The molecule has 1 saturated carbocycles. The van der Waals surface area contributed by atoms with E-state index in [0.717, 1.165) is 25.7 Å². The first-order valence-corrected chi connectivity index (χ1v) is 5.55. The maximum absolute atomic E-state index is 13.4. The van der Waals surface area contributed by atoms with Crippen LogP contribution in [0.4, 0.5) is 4.39 Å². The van der Waals surface area contributed by atoms with E-state index in [-0.39, 0.29) is 17.3 Å². The normalized spacial score (nSPS) is 16.9. The largest absolute Gasteiger partial charge is 0.294 e. The third kappa shape index (κ3) is 2.20. The molecular formula is C12H12ClFO. The van der Waals surface area contributed by atoms with Crippen molar-refractivity contribution in [3.05, 3.63) is 34.6 Å². The van der Waals surface area contributed by atoms with Gasteiger partial charge in [0.25, 0.3) is 0 Å². The third-order valence-electron chi connectivity index (χ3n) is 2.92. The molecule has 1 aliphatic rings. The Kier molecular flexibility index (Phi) is 3.06. The van der Waals surface area contributed by atoms with Gasteiger partial charge in [0.2, 0.25) is 0 Å². The van der Waals surface area contributed by atoms with Gasteiger partial charge in [0.1, 0.15) is 5.82 Å². The van der Waals surface area contributed by atoms with Gasteiger partial charge in [-0.3, -0.25) is 4.79 Å². The summed E-state index contributed by atoms with van der Waals surface area (Å²) in [6.45, 7) is 0. The minimum atomic E-state index is -0.462. The Hall–Kier alpha value is -0.890. The lowest BCUT2D eigenvalue weighted by Crippen LogP contribution is -2.12. The molecule has 0 amide bonds. The van der Waals surface area contributed by atoms with E-state index in [2.05, 4.69) is 0 Å². The van der Waals surface area contributed by atoms with E-state index in [1.165, 1.54) is 18.2 Å². The molecule has 0 saturated heterocycles. The zero-order valence-corrected chi connectivity index (χ0v) is 9.06. The molecule has 1 fully saturated rings. The minimum Gasteiger partial charge on any atom is -0.294 e. The van der Waals surface area contributed by atoms with Crippen LogP contribution in [0, 0.1) is 11.7 Å². The van der Waals surface area contributed by atoms with Gasteiger partial charge in [0.05, 0.1) is 5.56 Å². The lowest BCUT2D eigenvalue weighted by atomic mass is 9.96. The van der Waals surface area contributed by atoms with E-state index in [9.17, 15) is 9.18 Å². The van der Waals surface area contributed by atoms with Crippen molar-refractivity contribution in [3.8, 4) is 0 Å². The smallest absolute Gasteiger partial charge is 0.168 e. The second kappa shape index (κ2) is 4.31. The van der Waals surface area contributed by atoms with E-state index in [1.807, 2.05) is 0 Å². The molecule has 0 atom stereocenters. The van der Waals surface area contributed by atoms with Crippen LogP contribution < -0.4 is 0 Å². The summed E-state index contributed by atoms with van der Waals surface area (Å²) in [5.74, 6) is -0.554. The quantitative estimate of drug-likeness (QED) is 0.700. The SMILES string of the molecule is O=C(c1cc(Cl)ccc1F)C1CCCC1. The molecule has 3 heteroatoms. The van der Waals surface area contributed by atoms with E-state index < -0.39 is 5.82 Å².